The number of halogens is 1. The normalized spacial score (nSPS) is 14.8. The van der Waals surface area contributed by atoms with Crippen molar-refractivity contribution in [2.24, 2.45) is 5.41 Å². The van der Waals surface area contributed by atoms with Crippen molar-refractivity contribution in [2.45, 2.75) is 19.4 Å². The number of amides is 2. The van der Waals surface area contributed by atoms with Gasteiger partial charge in [-0.05, 0) is 48.7 Å². The lowest BCUT2D eigenvalue weighted by Gasteiger charge is -2.15. The van der Waals surface area contributed by atoms with Crippen molar-refractivity contribution in [3.8, 4) is 0 Å². The van der Waals surface area contributed by atoms with Crippen molar-refractivity contribution in [3.05, 3.63) is 59.4 Å². The number of nitrogens with one attached hydrogen (secondary N) is 2. The zero-order valence-electron chi connectivity index (χ0n) is 12.4. The van der Waals surface area contributed by atoms with Crippen LogP contribution in [-0.2, 0) is 16.1 Å². The lowest BCUT2D eigenvalue weighted by molar-refractivity contribution is -0.134. The summed E-state index contributed by atoms with van der Waals surface area (Å²) in [4.78, 5) is 28.8. The molecule has 6 heteroatoms. The molecule has 1 heterocycles. The topological polar surface area (TPSA) is 71.1 Å². The Bertz CT molecular complexity index is 712. The Hall–Kier alpha value is -2.40. The molecule has 1 aliphatic rings. The van der Waals surface area contributed by atoms with Gasteiger partial charge in [-0.2, -0.15) is 0 Å². The highest BCUT2D eigenvalue weighted by molar-refractivity contribution is 6.30. The Kier molecular flexibility index (Phi) is 4.30. The largest absolute Gasteiger partial charge is 0.351 e. The number of aromatic nitrogens is 1. The zero-order valence-corrected chi connectivity index (χ0v) is 13.1. The molecule has 0 aliphatic heterocycles. The molecule has 0 bridgehead atoms. The van der Waals surface area contributed by atoms with Gasteiger partial charge in [-0.15, -0.1) is 0 Å². The highest BCUT2D eigenvalue weighted by atomic mass is 35.5. The second-order valence-electron chi connectivity index (χ2n) is 5.59. The van der Waals surface area contributed by atoms with Crippen molar-refractivity contribution in [2.75, 3.05) is 5.32 Å². The molecule has 1 aromatic carbocycles. The Morgan fingerprint density at radius 1 is 1.13 bits per heavy atom. The van der Waals surface area contributed by atoms with Gasteiger partial charge >= 0.3 is 0 Å². The molecule has 118 valence electrons. The summed E-state index contributed by atoms with van der Waals surface area (Å²) in [5, 5.41) is 6.19. The average molecular weight is 330 g/mol. The van der Waals surface area contributed by atoms with Gasteiger partial charge in [-0.1, -0.05) is 17.7 Å². The highest BCUT2D eigenvalue weighted by Gasteiger charge is 2.56. The van der Waals surface area contributed by atoms with E-state index < -0.39 is 5.41 Å². The summed E-state index contributed by atoms with van der Waals surface area (Å²) in [6.45, 7) is 0.364. The van der Waals surface area contributed by atoms with Crippen LogP contribution < -0.4 is 10.6 Å². The fourth-order valence-corrected chi connectivity index (χ4v) is 2.45. The van der Waals surface area contributed by atoms with Gasteiger partial charge < -0.3 is 10.6 Å². The van der Waals surface area contributed by atoms with Crippen molar-refractivity contribution in [1.82, 2.24) is 10.3 Å². The van der Waals surface area contributed by atoms with Crippen LogP contribution in [0, 0.1) is 5.41 Å². The third-order valence-corrected chi connectivity index (χ3v) is 4.15. The number of benzene rings is 1. The quantitative estimate of drug-likeness (QED) is 0.829. The Labute approximate surface area is 139 Å². The molecule has 1 aromatic heterocycles. The molecular formula is C17H16ClN3O2. The van der Waals surface area contributed by atoms with Crippen LogP contribution in [-0.4, -0.2) is 16.8 Å². The smallest absolute Gasteiger partial charge is 0.240 e. The van der Waals surface area contributed by atoms with Crippen LogP contribution in [0.25, 0.3) is 0 Å². The summed E-state index contributed by atoms with van der Waals surface area (Å²) in [5.74, 6) is -0.517. The maximum absolute atomic E-state index is 12.4. The summed E-state index contributed by atoms with van der Waals surface area (Å²) in [7, 11) is 0. The Morgan fingerprint density at radius 2 is 1.87 bits per heavy atom. The average Bonchev–Trinajstić information content (AvgIpc) is 3.38. The van der Waals surface area contributed by atoms with Crippen LogP contribution in [0.4, 0.5) is 5.69 Å². The first-order chi connectivity index (χ1) is 11.1. The minimum atomic E-state index is -0.957. The fraction of sp³-hybridized carbons (Fsp3) is 0.235. The first-order valence-corrected chi connectivity index (χ1v) is 7.72. The summed E-state index contributed by atoms with van der Waals surface area (Å²) in [6.07, 6.45) is 4.48. The summed E-state index contributed by atoms with van der Waals surface area (Å²) < 4.78 is 0. The van der Waals surface area contributed by atoms with Crippen molar-refractivity contribution in [1.29, 1.82) is 0 Å². The molecule has 3 rings (SSSR count). The number of anilines is 1. The van der Waals surface area contributed by atoms with Crippen LogP contribution in [0.5, 0.6) is 0 Å². The second-order valence-corrected chi connectivity index (χ2v) is 6.02. The van der Waals surface area contributed by atoms with E-state index in [9.17, 15) is 9.59 Å². The number of hydrogen-bond acceptors (Lipinski definition) is 3. The van der Waals surface area contributed by atoms with E-state index >= 15 is 0 Å². The SMILES string of the molecule is O=C(NCc1cccnc1)C1(C(=O)Nc2ccc(Cl)cc2)CC1. The predicted octanol–water partition coefficient (Wildman–Crippen LogP) is 2.77. The lowest BCUT2D eigenvalue weighted by atomic mass is 10.0. The van der Waals surface area contributed by atoms with Crippen molar-refractivity contribution in [3.63, 3.8) is 0 Å². The summed E-state index contributed by atoms with van der Waals surface area (Å²) in [5.41, 5.74) is 0.572. The fourth-order valence-electron chi connectivity index (χ4n) is 2.32. The van der Waals surface area contributed by atoms with E-state index in [1.54, 1.807) is 36.7 Å². The maximum atomic E-state index is 12.4. The van der Waals surface area contributed by atoms with E-state index in [-0.39, 0.29) is 11.8 Å². The number of rotatable bonds is 5. The number of carbonyl (C=O) groups excluding carboxylic acids is 2. The summed E-state index contributed by atoms with van der Waals surface area (Å²) >= 11 is 5.82. The molecular weight excluding hydrogens is 314 g/mol. The summed E-state index contributed by atoms with van der Waals surface area (Å²) in [6, 6.07) is 10.5. The van der Waals surface area contributed by atoms with Crippen LogP contribution in [0.3, 0.4) is 0 Å². The first kappa shape index (κ1) is 15.5. The second kappa shape index (κ2) is 6.38. The molecule has 1 fully saturated rings. The van der Waals surface area contributed by atoms with E-state index in [4.69, 9.17) is 11.6 Å². The van der Waals surface area contributed by atoms with Gasteiger partial charge in [0.15, 0.2) is 0 Å². The van der Waals surface area contributed by atoms with Gasteiger partial charge in [0, 0.05) is 29.6 Å². The number of pyridine rings is 1. The van der Waals surface area contributed by atoms with Crippen LogP contribution in [0.1, 0.15) is 18.4 Å². The van der Waals surface area contributed by atoms with Gasteiger partial charge in [0.25, 0.3) is 0 Å². The molecule has 2 amide bonds. The minimum absolute atomic E-state index is 0.243. The van der Waals surface area contributed by atoms with Crippen LogP contribution in [0.15, 0.2) is 48.8 Å². The van der Waals surface area contributed by atoms with Crippen LogP contribution in [0.2, 0.25) is 5.02 Å². The van der Waals surface area contributed by atoms with Crippen molar-refractivity contribution >= 4 is 29.1 Å². The standard InChI is InChI=1S/C17H16ClN3O2/c18-13-3-5-14(6-4-13)21-16(23)17(7-8-17)15(22)20-11-12-2-1-9-19-10-12/h1-6,9-10H,7-8,11H2,(H,20,22)(H,21,23). The number of hydrogen-bond donors (Lipinski definition) is 2. The zero-order chi connectivity index (χ0) is 16.3. The molecule has 0 atom stereocenters. The molecule has 5 nitrogen and oxygen atoms in total. The third kappa shape index (κ3) is 3.51. The van der Waals surface area contributed by atoms with Gasteiger partial charge in [-0.3, -0.25) is 14.6 Å². The molecule has 0 radical (unpaired) electrons. The molecule has 23 heavy (non-hydrogen) atoms. The van der Waals surface area contributed by atoms with Gasteiger partial charge in [0.1, 0.15) is 5.41 Å². The number of carbonyl (C=O) groups is 2. The Balaban J connectivity index is 1.60. The lowest BCUT2D eigenvalue weighted by Crippen LogP contribution is -2.39. The van der Waals surface area contributed by atoms with Crippen LogP contribution >= 0.6 is 11.6 Å². The molecule has 0 unspecified atom stereocenters. The van der Waals surface area contributed by atoms with Crippen molar-refractivity contribution < 1.29 is 9.59 Å². The van der Waals surface area contributed by atoms with E-state index in [2.05, 4.69) is 15.6 Å². The Morgan fingerprint density at radius 3 is 2.48 bits per heavy atom. The third-order valence-electron chi connectivity index (χ3n) is 3.90. The molecule has 1 aliphatic carbocycles. The molecule has 2 aromatic rings. The monoisotopic (exact) mass is 329 g/mol. The van der Waals surface area contributed by atoms with E-state index in [0.717, 1.165) is 5.56 Å². The molecule has 0 saturated heterocycles. The van der Waals surface area contributed by atoms with Gasteiger partial charge in [-0.25, -0.2) is 0 Å². The minimum Gasteiger partial charge on any atom is -0.351 e. The molecule has 1 saturated carbocycles. The maximum Gasteiger partial charge on any atom is 0.240 e. The van der Waals surface area contributed by atoms with Gasteiger partial charge in [0.2, 0.25) is 11.8 Å². The predicted molar refractivity (Wildman–Crippen MR) is 87.8 cm³/mol. The highest BCUT2D eigenvalue weighted by Crippen LogP contribution is 2.46. The van der Waals surface area contributed by atoms with E-state index in [1.165, 1.54) is 0 Å². The number of nitrogens with zero attached hydrogens (tertiary/aromatic N) is 1. The molecule has 2 N–H and O–H groups in total. The van der Waals surface area contributed by atoms with E-state index in [0.29, 0.717) is 30.1 Å². The van der Waals surface area contributed by atoms with E-state index in [1.807, 2.05) is 12.1 Å². The van der Waals surface area contributed by atoms with Gasteiger partial charge in [0.05, 0.1) is 0 Å². The molecule has 0 spiro atoms. The first-order valence-electron chi connectivity index (χ1n) is 7.34.